The van der Waals surface area contributed by atoms with E-state index in [9.17, 15) is 9.18 Å². The van der Waals surface area contributed by atoms with E-state index in [0.717, 1.165) is 6.07 Å². The van der Waals surface area contributed by atoms with Gasteiger partial charge in [0, 0.05) is 11.4 Å². The van der Waals surface area contributed by atoms with Gasteiger partial charge >= 0.3 is 0 Å². The van der Waals surface area contributed by atoms with Gasteiger partial charge in [-0.15, -0.1) is 0 Å². The maximum absolute atomic E-state index is 13.4. The van der Waals surface area contributed by atoms with Gasteiger partial charge in [-0.25, -0.2) is 4.39 Å². The third kappa shape index (κ3) is 2.02. The van der Waals surface area contributed by atoms with Crippen LogP contribution in [0.4, 0.5) is 4.39 Å². The number of allylic oxidation sites excluding steroid dienone is 1. The molecule has 2 nitrogen and oxygen atoms in total. The Morgan fingerprint density at radius 3 is 2.87 bits per heavy atom. The molecule has 0 N–H and O–H groups in total. The molecule has 1 aliphatic heterocycles. The van der Waals surface area contributed by atoms with Gasteiger partial charge in [0.15, 0.2) is 5.76 Å². The van der Waals surface area contributed by atoms with Gasteiger partial charge in [0.05, 0.1) is 12.2 Å². The monoisotopic (exact) mass is 226 g/mol. The molecule has 2 rings (SSSR count). The average molecular weight is 227 g/mol. The van der Waals surface area contributed by atoms with Gasteiger partial charge in [-0.3, -0.25) is 4.79 Å². The van der Waals surface area contributed by atoms with Crippen LogP contribution in [0.25, 0.3) is 0 Å². The molecule has 0 bridgehead atoms. The van der Waals surface area contributed by atoms with Crippen LogP contribution in [0.1, 0.15) is 16.8 Å². The molecule has 15 heavy (non-hydrogen) atoms. The first-order chi connectivity index (χ1) is 7.18. The third-order valence-corrected chi connectivity index (χ3v) is 2.34. The molecule has 0 fully saturated rings. The number of hydrogen-bond donors (Lipinski definition) is 0. The summed E-state index contributed by atoms with van der Waals surface area (Å²) in [6.45, 7) is 0.482. The van der Waals surface area contributed by atoms with Gasteiger partial charge in [0.2, 0.25) is 5.78 Å². The first kappa shape index (κ1) is 10.2. The van der Waals surface area contributed by atoms with Crippen molar-refractivity contribution >= 4 is 17.4 Å². The Bertz CT molecular complexity index is 440. The second kappa shape index (κ2) is 4.03. The topological polar surface area (TPSA) is 26.3 Å². The molecule has 0 spiro atoms. The van der Waals surface area contributed by atoms with Gasteiger partial charge in [0.1, 0.15) is 5.82 Å². The van der Waals surface area contributed by atoms with Gasteiger partial charge in [0.25, 0.3) is 0 Å². The highest BCUT2D eigenvalue weighted by molar-refractivity contribution is 6.30. The lowest BCUT2D eigenvalue weighted by Gasteiger charge is -2.04. The molecule has 0 saturated heterocycles. The average Bonchev–Trinajstić information content (AvgIpc) is 2.69. The van der Waals surface area contributed by atoms with Gasteiger partial charge < -0.3 is 4.74 Å². The van der Waals surface area contributed by atoms with Crippen molar-refractivity contribution in [2.75, 3.05) is 6.61 Å². The maximum atomic E-state index is 13.4. The number of Topliss-reactive ketones (excluding diaryl/α,β-unsaturated/α-hetero) is 1. The van der Waals surface area contributed by atoms with E-state index in [1.165, 1.54) is 12.1 Å². The molecule has 1 aliphatic rings. The first-order valence-corrected chi connectivity index (χ1v) is 4.89. The van der Waals surface area contributed by atoms with Crippen LogP contribution in [0.5, 0.6) is 0 Å². The Balaban J connectivity index is 2.33. The van der Waals surface area contributed by atoms with E-state index in [1.807, 2.05) is 0 Å². The highest BCUT2D eigenvalue weighted by atomic mass is 35.5. The molecule has 0 saturated carbocycles. The third-order valence-electron chi connectivity index (χ3n) is 2.10. The lowest BCUT2D eigenvalue weighted by atomic mass is 10.1. The number of benzene rings is 1. The normalized spacial score (nSPS) is 14.7. The van der Waals surface area contributed by atoms with Crippen LogP contribution < -0.4 is 0 Å². The van der Waals surface area contributed by atoms with Crippen LogP contribution in [-0.2, 0) is 4.74 Å². The summed E-state index contributed by atoms with van der Waals surface area (Å²) in [6, 6.07) is 3.96. The number of ketones is 1. The molecule has 1 aromatic carbocycles. The molecule has 78 valence electrons. The zero-order valence-electron chi connectivity index (χ0n) is 7.80. The molecule has 4 heteroatoms. The van der Waals surface area contributed by atoms with Crippen LogP contribution in [-0.4, -0.2) is 12.4 Å². The Labute approximate surface area is 91.3 Å². The summed E-state index contributed by atoms with van der Waals surface area (Å²) in [5.41, 5.74) is -0.00690. The minimum Gasteiger partial charge on any atom is -0.489 e. The first-order valence-electron chi connectivity index (χ1n) is 4.51. The fourth-order valence-electron chi connectivity index (χ4n) is 1.38. The van der Waals surface area contributed by atoms with Gasteiger partial charge in [-0.1, -0.05) is 11.6 Å². The zero-order chi connectivity index (χ0) is 10.8. The van der Waals surface area contributed by atoms with Crippen LogP contribution in [0.2, 0.25) is 5.02 Å². The second-order valence-electron chi connectivity index (χ2n) is 3.16. The van der Waals surface area contributed by atoms with Crippen LogP contribution in [0.15, 0.2) is 30.0 Å². The summed E-state index contributed by atoms with van der Waals surface area (Å²) in [5.74, 6) is -0.832. The lowest BCUT2D eigenvalue weighted by Crippen LogP contribution is -2.06. The van der Waals surface area contributed by atoms with Crippen molar-refractivity contribution in [2.45, 2.75) is 6.42 Å². The van der Waals surface area contributed by atoms with Crippen molar-refractivity contribution in [1.29, 1.82) is 0 Å². The standard InChI is InChI=1S/C11H8ClFO2/c12-7-3-4-8(9(13)6-7)11(14)10-2-1-5-15-10/h2-4,6H,1,5H2. The lowest BCUT2D eigenvalue weighted by molar-refractivity contribution is 0.0938. The van der Waals surface area contributed by atoms with Crippen molar-refractivity contribution in [3.63, 3.8) is 0 Å². The van der Waals surface area contributed by atoms with E-state index in [1.54, 1.807) is 6.08 Å². The number of hydrogen-bond acceptors (Lipinski definition) is 2. The van der Waals surface area contributed by atoms with Crippen molar-refractivity contribution in [3.8, 4) is 0 Å². The molecule has 0 atom stereocenters. The van der Waals surface area contributed by atoms with Crippen LogP contribution in [0, 0.1) is 5.82 Å². The molecule has 0 aliphatic carbocycles. The van der Waals surface area contributed by atoms with Crippen molar-refractivity contribution in [1.82, 2.24) is 0 Å². The largest absolute Gasteiger partial charge is 0.489 e. The molecule has 1 heterocycles. The number of rotatable bonds is 2. The van der Waals surface area contributed by atoms with Crippen molar-refractivity contribution < 1.29 is 13.9 Å². The van der Waals surface area contributed by atoms with E-state index in [4.69, 9.17) is 16.3 Å². The van der Waals surface area contributed by atoms with Gasteiger partial charge in [-0.2, -0.15) is 0 Å². The Morgan fingerprint density at radius 2 is 2.27 bits per heavy atom. The number of carbonyl (C=O) groups excluding carboxylic acids is 1. The molecule has 0 amide bonds. The molecule has 1 aromatic rings. The molecular formula is C11H8ClFO2. The quantitative estimate of drug-likeness (QED) is 0.725. The predicted octanol–water partition coefficient (Wildman–Crippen LogP) is 2.97. The number of halogens is 2. The smallest absolute Gasteiger partial charge is 0.230 e. The Hall–Kier alpha value is -1.35. The molecule has 0 aromatic heterocycles. The Kier molecular flexibility index (Phi) is 2.73. The van der Waals surface area contributed by atoms with E-state index in [0.29, 0.717) is 13.0 Å². The van der Waals surface area contributed by atoms with Crippen molar-refractivity contribution in [2.24, 2.45) is 0 Å². The minimum atomic E-state index is -0.621. The summed E-state index contributed by atoms with van der Waals surface area (Å²) in [7, 11) is 0. The summed E-state index contributed by atoms with van der Waals surface area (Å²) < 4.78 is 18.4. The number of ether oxygens (including phenoxy) is 1. The summed E-state index contributed by atoms with van der Waals surface area (Å²) in [4.78, 5) is 11.7. The van der Waals surface area contributed by atoms with E-state index in [2.05, 4.69) is 0 Å². The SMILES string of the molecule is O=C(C1=CCCO1)c1ccc(Cl)cc1F. The summed E-state index contributed by atoms with van der Waals surface area (Å²) in [5, 5.41) is 0.269. The molecule has 0 unspecified atom stereocenters. The zero-order valence-corrected chi connectivity index (χ0v) is 8.55. The van der Waals surface area contributed by atoms with E-state index < -0.39 is 11.6 Å². The van der Waals surface area contributed by atoms with E-state index in [-0.39, 0.29) is 16.3 Å². The van der Waals surface area contributed by atoms with E-state index >= 15 is 0 Å². The molecular weight excluding hydrogens is 219 g/mol. The minimum absolute atomic E-state index is 0.00690. The predicted molar refractivity (Wildman–Crippen MR) is 54.4 cm³/mol. The summed E-state index contributed by atoms with van der Waals surface area (Å²) in [6.07, 6.45) is 2.35. The van der Waals surface area contributed by atoms with Crippen LogP contribution >= 0.6 is 11.6 Å². The van der Waals surface area contributed by atoms with Crippen LogP contribution in [0.3, 0.4) is 0 Å². The second-order valence-corrected chi connectivity index (χ2v) is 3.60. The highest BCUT2D eigenvalue weighted by Gasteiger charge is 2.20. The molecule has 0 radical (unpaired) electrons. The number of carbonyl (C=O) groups is 1. The fourth-order valence-corrected chi connectivity index (χ4v) is 1.54. The van der Waals surface area contributed by atoms with Gasteiger partial charge in [-0.05, 0) is 24.3 Å². The summed E-state index contributed by atoms with van der Waals surface area (Å²) >= 11 is 5.58. The fraction of sp³-hybridized carbons (Fsp3) is 0.182. The Morgan fingerprint density at radius 1 is 1.47 bits per heavy atom. The maximum Gasteiger partial charge on any atom is 0.230 e. The van der Waals surface area contributed by atoms with Crippen molar-refractivity contribution in [3.05, 3.63) is 46.4 Å². The highest BCUT2D eigenvalue weighted by Crippen LogP contribution is 2.20.